The maximum atomic E-state index is 12.9. The molecule has 10 heteroatoms. The van der Waals surface area contributed by atoms with E-state index in [2.05, 4.69) is 20.3 Å². The number of aliphatic hydroxyl groups excluding tert-OH is 1. The molecule has 0 aliphatic heterocycles. The summed E-state index contributed by atoms with van der Waals surface area (Å²) in [7, 11) is 0. The topological polar surface area (TPSA) is 91.2 Å². The second kappa shape index (κ2) is 7.49. The highest BCUT2D eigenvalue weighted by molar-refractivity contribution is 7.15. The number of rotatable bonds is 5. The van der Waals surface area contributed by atoms with Crippen LogP contribution in [0, 0.1) is 6.92 Å². The molecular weight excluding hydrogens is 381 g/mol. The molecule has 0 saturated carbocycles. The third-order valence-corrected chi connectivity index (χ3v) is 4.85. The number of aromatic nitrogens is 3. The molecule has 1 aromatic carbocycles. The number of alkyl halides is 3. The number of nitrogens with one attached hydrogen (secondary N) is 1. The van der Waals surface area contributed by atoms with E-state index in [1.54, 1.807) is 6.07 Å². The molecule has 27 heavy (non-hydrogen) atoms. The summed E-state index contributed by atoms with van der Waals surface area (Å²) in [4.78, 5) is 13.6. The summed E-state index contributed by atoms with van der Waals surface area (Å²) in [5, 5.41) is 21.9. The predicted octanol–water partition coefficient (Wildman–Crippen LogP) is 3.91. The van der Waals surface area contributed by atoms with Gasteiger partial charge in [-0.05, 0) is 25.1 Å². The third kappa shape index (κ3) is 4.52. The van der Waals surface area contributed by atoms with Gasteiger partial charge in [-0.25, -0.2) is 15.0 Å². The molecule has 3 N–H and O–H groups in total. The Labute approximate surface area is 156 Å². The van der Waals surface area contributed by atoms with E-state index >= 15 is 0 Å². The Kier molecular flexibility index (Phi) is 5.29. The van der Waals surface area contributed by atoms with Crippen LogP contribution in [0.25, 0.3) is 10.7 Å². The van der Waals surface area contributed by atoms with E-state index in [9.17, 15) is 18.3 Å². The molecule has 0 aliphatic carbocycles. The number of hydrogen-bond acceptors (Lipinski definition) is 7. The van der Waals surface area contributed by atoms with Gasteiger partial charge in [-0.2, -0.15) is 13.2 Å². The normalized spacial score (nSPS) is 11.6. The minimum Gasteiger partial charge on any atom is -0.508 e. The predicted molar refractivity (Wildman–Crippen MR) is 95.1 cm³/mol. The molecule has 0 unspecified atom stereocenters. The van der Waals surface area contributed by atoms with Crippen molar-refractivity contribution < 1.29 is 23.4 Å². The van der Waals surface area contributed by atoms with Gasteiger partial charge in [-0.3, -0.25) is 0 Å². The number of benzene rings is 1. The monoisotopic (exact) mass is 396 g/mol. The standard InChI is InChI=1S/C17H15F3N4O2S/c1-9-14(3-5-25)27-15(22-9)13-2-4-21-16(24-13)23-11-6-10(17(18,19)20)7-12(26)8-11/h2,4,6-8,25-26H,3,5H2,1H3,(H,21,23,24). The van der Waals surface area contributed by atoms with Crippen LogP contribution in [0.5, 0.6) is 5.75 Å². The number of hydrogen-bond donors (Lipinski definition) is 3. The second-order valence-electron chi connectivity index (χ2n) is 5.66. The zero-order valence-electron chi connectivity index (χ0n) is 14.1. The lowest BCUT2D eigenvalue weighted by molar-refractivity contribution is -0.137. The Bertz CT molecular complexity index is 960. The number of aromatic hydroxyl groups is 1. The minimum atomic E-state index is -4.58. The van der Waals surface area contributed by atoms with Crippen molar-refractivity contribution in [1.29, 1.82) is 0 Å². The van der Waals surface area contributed by atoms with Gasteiger partial charge in [0.15, 0.2) is 0 Å². The molecule has 0 spiro atoms. The van der Waals surface area contributed by atoms with Crippen LogP contribution in [0.3, 0.4) is 0 Å². The summed E-state index contributed by atoms with van der Waals surface area (Å²) in [6.07, 6.45) is -2.64. The molecule has 2 aromatic heterocycles. The highest BCUT2D eigenvalue weighted by atomic mass is 32.1. The van der Waals surface area contributed by atoms with Crippen LogP contribution >= 0.6 is 11.3 Å². The fourth-order valence-corrected chi connectivity index (χ4v) is 3.41. The largest absolute Gasteiger partial charge is 0.508 e. The zero-order chi connectivity index (χ0) is 19.6. The number of aliphatic hydroxyl groups is 1. The first-order valence-electron chi connectivity index (χ1n) is 7.85. The Hall–Kier alpha value is -2.72. The Morgan fingerprint density at radius 2 is 1.96 bits per heavy atom. The number of nitrogens with zero attached hydrogens (tertiary/aromatic N) is 3. The molecule has 0 fully saturated rings. The summed E-state index contributed by atoms with van der Waals surface area (Å²) in [5.74, 6) is -0.449. The van der Waals surface area contributed by atoms with Crippen molar-refractivity contribution in [2.75, 3.05) is 11.9 Å². The van der Waals surface area contributed by atoms with E-state index in [0.717, 1.165) is 22.7 Å². The number of aryl methyl sites for hydroxylation is 1. The quantitative estimate of drug-likeness (QED) is 0.606. The van der Waals surface area contributed by atoms with Gasteiger partial charge in [0.2, 0.25) is 5.95 Å². The SMILES string of the molecule is Cc1nc(-c2ccnc(Nc3cc(O)cc(C(F)(F)F)c3)n2)sc1CCO. The van der Waals surface area contributed by atoms with Crippen LogP contribution in [0.4, 0.5) is 24.8 Å². The van der Waals surface area contributed by atoms with Crippen molar-refractivity contribution in [3.05, 3.63) is 46.6 Å². The van der Waals surface area contributed by atoms with Crippen LogP contribution in [0.15, 0.2) is 30.5 Å². The summed E-state index contributed by atoms with van der Waals surface area (Å²) in [5.41, 5.74) is 0.321. The van der Waals surface area contributed by atoms with Gasteiger partial charge in [0.25, 0.3) is 0 Å². The molecule has 0 amide bonds. The lowest BCUT2D eigenvalue weighted by Crippen LogP contribution is -2.06. The van der Waals surface area contributed by atoms with E-state index in [0.29, 0.717) is 23.2 Å². The fourth-order valence-electron chi connectivity index (χ4n) is 2.39. The molecule has 2 heterocycles. The van der Waals surface area contributed by atoms with Crippen molar-refractivity contribution in [3.8, 4) is 16.5 Å². The molecular formula is C17H15F3N4O2S. The summed E-state index contributed by atoms with van der Waals surface area (Å²) < 4.78 is 38.6. The lowest BCUT2D eigenvalue weighted by atomic mass is 10.2. The summed E-state index contributed by atoms with van der Waals surface area (Å²) in [6.45, 7) is 1.84. The average molecular weight is 396 g/mol. The van der Waals surface area contributed by atoms with E-state index in [4.69, 9.17) is 5.11 Å². The molecule has 0 radical (unpaired) electrons. The highest BCUT2D eigenvalue weighted by Crippen LogP contribution is 2.34. The van der Waals surface area contributed by atoms with E-state index in [1.165, 1.54) is 17.5 Å². The first-order chi connectivity index (χ1) is 12.8. The van der Waals surface area contributed by atoms with Gasteiger partial charge >= 0.3 is 6.18 Å². The fraction of sp³-hybridized carbons (Fsp3) is 0.235. The van der Waals surface area contributed by atoms with Gasteiger partial charge in [-0.1, -0.05) is 0 Å². The first-order valence-corrected chi connectivity index (χ1v) is 8.67. The van der Waals surface area contributed by atoms with Crippen molar-refractivity contribution in [2.45, 2.75) is 19.5 Å². The van der Waals surface area contributed by atoms with Gasteiger partial charge in [-0.15, -0.1) is 11.3 Å². The third-order valence-electron chi connectivity index (χ3n) is 3.61. The number of halogens is 3. The Balaban J connectivity index is 1.89. The number of phenolic OH excluding ortho intramolecular Hbond substituents is 1. The zero-order valence-corrected chi connectivity index (χ0v) is 14.9. The van der Waals surface area contributed by atoms with Gasteiger partial charge in [0.1, 0.15) is 16.5 Å². The Morgan fingerprint density at radius 1 is 1.19 bits per heavy atom. The molecule has 0 bridgehead atoms. The van der Waals surface area contributed by atoms with E-state index in [-0.39, 0.29) is 18.2 Å². The average Bonchev–Trinajstić information content (AvgIpc) is 2.95. The van der Waals surface area contributed by atoms with Gasteiger partial charge in [0, 0.05) is 35.9 Å². The smallest absolute Gasteiger partial charge is 0.416 e. The van der Waals surface area contributed by atoms with Crippen molar-refractivity contribution in [1.82, 2.24) is 15.0 Å². The maximum absolute atomic E-state index is 12.9. The van der Waals surface area contributed by atoms with Crippen molar-refractivity contribution in [3.63, 3.8) is 0 Å². The summed E-state index contributed by atoms with van der Waals surface area (Å²) >= 11 is 1.38. The van der Waals surface area contributed by atoms with Crippen LogP contribution in [-0.4, -0.2) is 31.8 Å². The lowest BCUT2D eigenvalue weighted by Gasteiger charge is -2.11. The molecule has 6 nitrogen and oxygen atoms in total. The Morgan fingerprint density at radius 3 is 2.67 bits per heavy atom. The minimum absolute atomic E-state index is 0.00997. The molecule has 0 aliphatic rings. The molecule has 0 saturated heterocycles. The maximum Gasteiger partial charge on any atom is 0.416 e. The van der Waals surface area contributed by atoms with Crippen molar-refractivity contribution in [2.24, 2.45) is 0 Å². The van der Waals surface area contributed by atoms with E-state index in [1.807, 2.05) is 6.92 Å². The van der Waals surface area contributed by atoms with Crippen LogP contribution < -0.4 is 5.32 Å². The molecule has 3 rings (SSSR count). The van der Waals surface area contributed by atoms with Gasteiger partial charge < -0.3 is 15.5 Å². The summed E-state index contributed by atoms with van der Waals surface area (Å²) in [6, 6.07) is 4.29. The van der Waals surface area contributed by atoms with Crippen LogP contribution in [0.1, 0.15) is 16.1 Å². The van der Waals surface area contributed by atoms with Crippen LogP contribution in [0.2, 0.25) is 0 Å². The molecule has 142 valence electrons. The highest BCUT2D eigenvalue weighted by Gasteiger charge is 2.31. The van der Waals surface area contributed by atoms with Crippen LogP contribution in [-0.2, 0) is 12.6 Å². The molecule has 3 aromatic rings. The molecule has 0 atom stereocenters. The second-order valence-corrected chi connectivity index (χ2v) is 6.74. The first kappa shape index (κ1) is 19.1. The number of phenols is 1. The number of thiazole rings is 1. The van der Waals surface area contributed by atoms with Gasteiger partial charge in [0.05, 0.1) is 11.3 Å². The number of anilines is 2. The van der Waals surface area contributed by atoms with E-state index < -0.39 is 17.5 Å². The van der Waals surface area contributed by atoms with Crippen molar-refractivity contribution >= 4 is 23.0 Å².